The molecule has 2 nitrogen and oxygen atoms in total. The highest BCUT2D eigenvalue weighted by Gasteiger charge is 2.32. The Morgan fingerprint density at radius 1 is 1.53 bits per heavy atom. The molecule has 1 saturated carbocycles. The lowest BCUT2D eigenvalue weighted by Crippen LogP contribution is -2.42. The van der Waals surface area contributed by atoms with E-state index >= 15 is 0 Å². The lowest BCUT2D eigenvalue weighted by atomic mass is 9.91. The van der Waals surface area contributed by atoms with Crippen molar-refractivity contribution >= 4 is 11.3 Å². The highest BCUT2D eigenvalue weighted by atomic mass is 32.1. The van der Waals surface area contributed by atoms with E-state index in [2.05, 4.69) is 36.7 Å². The Bertz CT molecular complexity index is 330. The maximum Gasteiger partial charge on any atom is 0.0618 e. The van der Waals surface area contributed by atoms with Gasteiger partial charge < -0.3 is 10.1 Å². The smallest absolute Gasteiger partial charge is 0.0618 e. The van der Waals surface area contributed by atoms with Gasteiger partial charge in [-0.05, 0) is 30.2 Å². The van der Waals surface area contributed by atoms with Crippen LogP contribution in [-0.2, 0) is 10.2 Å². The van der Waals surface area contributed by atoms with Gasteiger partial charge >= 0.3 is 0 Å². The van der Waals surface area contributed by atoms with Crippen LogP contribution in [0.5, 0.6) is 0 Å². The van der Waals surface area contributed by atoms with Gasteiger partial charge in [0, 0.05) is 30.0 Å². The second-order valence-corrected chi connectivity index (χ2v) is 6.59. The molecule has 1 aliphatic carbocycles. The summed E-state index contributed by atoms with van der Waals surface area (Å²) in [5, 5.41) is 5.85. The molecule has 0 spiro atoms. The number of rotatable bonds is 7. The summed E-state index contributed by atoms with van der Waals surface area (Å²) in [7, 11) is 1.79. The first kappa shape index (κ1) is 13.1. The van der Waals surface area contributed by atoms with Crippen LogP contribution in [0, 0.1) is 5.92 Å². The fourth-order valence-electron chi connectivity index (χ4n) is 2.18. The number of ether oxygens (including phenoxy) is 1. The first-order valence-corrected chi connectivity index (χ1v) is 7.28. The van der Waals surface area contributed by atoms with E-state index in [9.17, 15) is 0 Å². The minimum Gasteiger partial charge on any atom is -0.383 e. The molecule has 1 unspecified atom stereocenters. The van der Waals surface area contributed by atoms with Crippen molar-refractivity contribution in [2.45, 2.75) is 38.1 Å². The topological polar surface area (TPSA) is 21.3 Å². The van der Waals surface area contributed by atoms with Crippen molar-refractivity contribution in [2.75, 3.05) is 20.3 Å². The van der Waals surface area contributed by atoms with E-state index in [1.807, 2.05) is 11.3 Å². The molecule has 0 aromatic carbocycles. The van der Waals surface area contributed by atoms with Gasteiger partial charge in [0.15, 0.2) is 0 Å². The van der Waals surface area contributed by atoms with E-state index in [1.54, 1.807) is 7.11 Å². The minimum atomic E-state index is 0.217. The van der Waals surface area contributed by atoms with Gasteiger partial charge in [-0.2, -0.15) is 0 Å². The largest absolute Gasteiger partial charge is 0.383 e. The minimum absolute atomic E-state index is 0.217. The number of hydrogen-bond acceptors (Lipinski definition) is 3. The van der Waals surface area contributed by atoms with Gasteiger partial charge in [0.05, 0.1) is 6.61 Å². The third-order valence-electron chi connectivity index (χ3n) is 3.53. The van der Waals surface area contributed by atoms with E-state index in [4.69, 9.17) is 4.74 Å². The number of nitrogens with one attached hydrogen (secondary N) is 1. The van der Waals surface area contributed by atoms with Gasteiger partial charge in [-0.3, -0.25) is 0 Å². The van der Waals surface area contributed by atoms with Crippen LogP contribution in [-0.4, -0.2) is 26.3 Å². The van der Waals surface area contributed by atoms with Crippen LogP contribution in [0.3, 0.4) is 0 Å². The molecule has 1 aromatic rings. The Kier molecular flexibility index (Phi) is 4.23. The first-order valence-electron chi connectivity index (χ1n) is 6.40. The molecule has 0 radical (unpaired) electrons. The van der Waals surface area contributed by atoms with Gasteiger partial charge in [-0.1, -0.05) is 19.9 Å². The summed E-state index contributed by atoms with van der Waals surface area (Å²) in [6.07, 6.45) is 2.72. The Balaban J connectivity index is 1.87. The highest BCUT2D eigenvalue weighted by Crippen LogP contribution is 2.33. The van der Waals surface area contributed by atoms with Crippen molar-refractivity contribution in [2.24, 2.45) is 5.92 Å². The predicted octanol–water partition coefficient (Wildman–Crippen LogP) is 3.04. The fourth-order valence-corrected chi connectivity index (χ4v) is 3.03. The zero-order valence-electron chi connectivity index (χ0n) is 11.0. The molecule has 1 aliphatic rings. The molecule has 0 aliphatic heterocycles. The number of hydrogen-bond donors (Lipinski definition) is 1. The summed E-state index contributed by atoms with van der Waals surface area (Å²) < 4.78 is 5.30. The molecule has 1 atom stereocenters. The summed E-state index contributed by atoms with van der Waals surface area (Å²) in [6.45, 7) is 6.48. The zero-order chi connectivity index (χ0) is 12.3. The lowest BCUT2D eigenvalue weighted by Gasteiger charge is -2.27. The van der Waals surface area contributed by atoms with Crippen LogP contribution in [0.1, 0.15) is 31.6 Å². The third-order valence-corrected chi connectivity index (χ3v) is 4.77. The van der Waals surface area contributed by atoms with Crippen LogP contribution in [0.15, 0.2) is 17.5 Å². The van der Waals surface area contributed by atoms with E-state index in [1.165, 1.54) is 17.7 Å². The van der Waals surface area contributed by atoms with Crippen LogP contribution >= 0.6 is 11.3 Å². The van der Waals surface area contributed by atoms with Crippen LogP contribution < -0.4 is 5.32 Å². The maximum absolute atomic E-state index is 5.30. The monoisotopic (exact) mass is 253 g/mol. The van der Waals surface area contributed by atoms with Crippen molar-refractivity contribution in [1.82, 2.24) is 5.32 Å². The second kappa shape index (κ2) is 5.51. The normalized spacial score (nSPS) is 18.3. The van der Waals surface area contributed by atoms with E-state index < -0.39 is 0 Å². The molecule has 1 heterocycles. The molecule has 0 amide bonds. The summed E-state index contributed by atoms with van der Waals surface area (Å²) in [4.78, 5) is 1.46. The standard InChI is InChI=1S/C14H23NOS/c1-14(2,13-5-4-8-17-13)10-15-12(9-16-3)11-6-7-11/h4-5,8,11-12,15H,6-7,9-10H2,1-3H3. The molecule has 2 rings (SSSR count). The summed E-state index contributed by atoms with van der Waals surface area (Å²) in [5.74, 6) is 0.842. The molecular formula is C14H23NOS. The molecule has 3 heteroatoms. The summed E-state index contributed by atoms with van der Waals surface area (Å²) in [6, 6.07) is 4.91. The third kappa shape index (κ3) is 3.54. The molecule has 17 heavy (non-hydrogen) atoms. The van der Waals surface area contributed by atoms with E-state index in [-0.39, 0.29) is 5.41 Å². The molecule has 1 aromatic heterocycles. The molecule has 1 fully saturated rings. The summed E-state index contributed by atoms with van der Waals surface area (Å²) in [5.41, 5.74) is 0.217. The van der Waals surface area contributed by atoms with Crippen LogP contribution in [0.2, 0.25) is 0 Å². The fraction of sp³-hybridized carbons (Fsp3) is 0.714. The van der Waals surface area contributed by atoms with Crippen molar-refractivity contribution in [1.29, 1.82) is 0 Å². The molecule has 0 saturated heterocycles. The lowest BCUT2D eigenvalue weighted by molar-refractivity contribution is 0.154. The highest BCUT2D eigenvalue weighted by molar-refractivity contribution is 7.10. The van der Waals surface area contributed by atoms with E-state index in [0.29, 0.717) is 6.04 Å². The molecule has 1 N–H and O–H groups in total. The van der Waals surface area contributed by atoms with Crippen molar-refractivity contribution in [3.05, 3.63) is 22.4 Å². The van der Waals surface area contributed by atoms with Crippen molar-refractivity contribution in [3.63, 3.8) is 0 Å². The predicted molar refractivity (Wildman–Crippen MR) is 73.7 cm³/mol. The first-order chi connectivity index (χ1) is 8.13. The second-order valence-electron chi connectivity index (χ2n) is 5.64. The SMILES string of the molecule is COCC(NCC(C)(C)c1cccs1)C1CC1. The Morgan fingerprint density at radius 2 is 2.29 bits per heavy atom. The number of methoxy groups -OCH3 is 1. The average Bonchev–Trinajstić information content (AvgIpc) is 2.97. The quantitative estimate of drug-likeness (QED) is 0.806. The molecule has 96 valence electrons. The zero-order valence-corrected chi connectivity index (χ0v) is 11.8. The van der Waals surface area contributed by atoms with Gasteiger partial charge in [-0.15, -0.1) is 11.3 Å². The van der Waals surface area contributed by atoms with Crippen molar-refractivity contribution in [3.8, 4) is 0 Å². The van der Waals surface area contributed by atoms with E-state index in [0.717, 1.165) is 19.1 Å². The Labute approximate surface area is 108 Å². The average molecular weight is 253 g/mol. The van der Waals surface area contributed by atoms with Gasteiger partial charge in [0.25, 0.3) is 0 Å². The number of thiophene rings is 1. The molecular weight excluding hydrogens is 230 g/mol. The van der Waals surface area contributed by atoms with Gasteiger partial charge in [-0.25, -0.2) is 0 Å². The Morgan fingerprint density at radius 3 is 2.82 bits per heavy atom. The van der Waals surface area contributed by atoms with Gasteiger partial charge in [0.1, 0.15) is 0 Å². The maximum atomic E-state index is 5.30. The van der Waals surface area contributed by atoms with Crippen LogP contribution in [0.25, 0.3) is 0 Å². The van der Waals surface area contributed by atoms with Crippen molar-refractivity contribution < 1.29 is 4.74 Å². The van der Waals surface area contributed by atoms with Gasteiger partial charge in [0.2, 0.25) is 0 Å². The summed E-state index contributed by atoms with van der Waals surface area (Å²) >= 11 is 1.85. The van der Waals surface area contributed by atoms with Crippen LogP contribution in [0.4, 0.5) is 0 Å². The molecule has 0 bridgehead atoms. The Hall–Kier alpha value is -0.380.